The Morgan fingerprint density at radius 3 is 2.75 bits per heavy atom. The Morgan fingerprint density at radius 1 is 1.56 bits per heavy atom. The average Bonchev–Trinajstić information content (AvgIpc) is 2.61. The minimum atomic E-state index is -0.308. The molecule has 0 aliphatic rings. The summed E-state index contributed by atoms with van der Waals surface area (Å²) in [5.74, 6) is 0.350. The van der Waals surface area contributed by atoms with Gasteiger partial charge < -0.3 is 10.1 Å². The fourth-order valence-electron chi connectivity index (χ4n) is 1.07. The highest BCUT2D eigenvalue weighted by Crippen LogP contribution is 2.08. The Labute approximate surface area is 95.6 Å². The highest BCUT2D eigenvalue weighted by atomic mass is 16.5. The van der Waals surface area contributed by atoms with Crippen LogP contribution in [0.2, 0.25) is 0 Å². The van der Waals surface area contributed by atoms with Gasteiger partial charge in [0.1, 0.15) is 6.61 Å². The molecule has 1 heterocycles. The molecule has 0 aliphatic carbocycles. The zero-order valence-electron chi connectivity index (χ0n) is 10.3. The first kappa shape index (κ1) is 12.7. The number of rotatable bonds is 4. The minimum absolute atomic E-state index is 0.0395. The van der Waals surface area contributed by atoms with E-state index in [0.717, 1.165) is 12.1 Å². The molecule has 1 aromatic heterocycles. The first-order chi connectivity index (χ1) is 7.40. The molecule has 1 aromatic rings. The Hall–Kier alpha value is -1.36. The Balaban J connectivity index is 2.40. The number of aromatic amines is 1. The molecular formula is C11H19N3O2. The number of anilines is 1. The lowest BCUT2D eigenvalue weighted by Gasteiger charge is -2.18. The number of nitrogens with zero attached hydrogens (tertiary/aromatic N) is 1. The van der Waals surface area contributed by atoms with Crippen LogP contribution < -0.4 is 5.32 Å². The molecule has 5 heteroatoms. The van der Waals surface area contributed by atoms with E-state index >= 15 is 0 Å². The molecule has 90 valence electrons. The Morgan fingerprint density at radius 2 is 2.25 bits per heavy atom. The van der Waals surface area contributed by atoms with E-state index in [4.69, 9.17) is 4.74 Å². The molecule has 0 radical (unpaired) electrons. The molecule has 0 atom stereocenters. The predicted molar refractivity (Wildman–Crippen MR) is 62.3 cm³/mol. The van der Waals surface area contributed by atoms with Crippen molar-refractivity contribution in [1.82, 2.24) is 10.2 Å². The van der Waals surface area contributed by atoms with E-state index in [-0.39, 0.29) is 18.1 Å². The molecule has 0 bridgehead atoms. The summed E-state index contributed by atoms with van der Waals surface area (Å²) in [6, 6.07) is 1.81. The summed E-state index contributed by atoms with van der Waals surface area (Å²) in [5.41, 5.74) is 0.685. The molecule has 1 amide bonds. The van der Waals surface area contributed by atoms with E-state index in [1.165, 1.54) is 0 Å². The van der Waals surface area contributed by atoms with Crippen LogP contribution in [0.5, 0.6) is 0 Å². The standard InChI is InChI=1S/C11H19N3O2/c1-5-8-6-9(14-13-8)12-10(15)7-16-11(2,3)4/h6H,5,7H2,1-4H3,(H2,12,13,14,15). The normalized spacial score (nSPS) is 11.5. The van der Waals surface area contributed by atoms with Crippen LogP contribution in [0.4, 0.5) is 5.82 Å². The van der Waals surface area contributed by atoms with Crippen LogP contribution in [-0.4, -0.2) is 28.3 Å². The number of ether oxygens (including phenoxy) is 1. The molecule has 2 N–H and O–H groups in total. The van der Waals surface area contributed by atoms with Crippen LogP contribution in [0.15, 0.2) is 6.07 Å². The molecular weight excluding hydrogens is 206 g/mol. The molecule has 0 unspecified atom stereocenters. The number of carbonyl (C=O) groups is 1. The quantitative estimate of drug-likeness (QED) is 0.820. The average molecular weight is 225 g/mol. The maximum absolute atomic E-state index is 11.5. The molecule has 1 rings (SSSR count). The van der Waals surface area contributed by atoms with Gasteiger partial charge in [-0.15, -0.1) is 0 Å². The van der Waals surface area contributed by atoms with Crippen molar-refractivity contribution < 1.29 is 9.53 Å². The third kappa shape index (κ3) is 4.44. The van der Waals surface area contributed by atoms with Gasteiger partial charge in [-0.1, -0.05) is 6.92 Å². The number of amides is 1. The molecule has 0 spiro atoms. The van der Waals surface area contributed by atoms with Crippen molar-refractivity contribution in [3.8, 4) is 0 Å². The van der Waals surface area contributed by atoms with Gasteiger partial charge in [-0.2, -0.15) is 5.10 Å². The van der Waals surface area contributed by atoms with Gasteiger partial charge in [-0.25, -0.2) is 0 Å². The lowest BCUT2D eigenvalue weighted by molar-refractivity contribution is -0.125. The SMILES string of the molecule is CCc1cc(NC(=O)COC(C)(C)C)n[nH]1. The van der Waals surface area contributed by atoms with Crippen molar-refractivity contribution in [1.29, 1.82) is 0 Å². The van der Waals surface area contributed by atoms with Crippen LogP contribution >= 0.6 is 0 Å². The number of carbonyl (C=O) groups excluding carboxylic acids is 1. The molecule has 0 saturated carbocycles. The topological polar surface area (TPSA) is 67.0 Å². The monoisotopic (exact) mass is 225 g/mol. The first-order valence-corrected chi connectivity index (χ1v) is 5.39. The largest absolute Gasteiger partial charge is 0.366 e. The van der Waals surface area contributed by atoms with Crippen LogP contribution in [-0.2, 0) is 16.0 Å². The number of H-pyrrole nitrogens is 1. The van der Waals surface area contributed by atoms with Gasteiger partial charge in [0.05, 0.1) is 5.60 Å². The summed E-state index contributed by atoms with van der Waals surface area (Å²) in [4.78, 5) is 11.5. The van der Waals surface area contributed by atoms with E-state index < -0.39 is 0 Å². The fourth-order valence-corrected chi connectivity index (χ4v) is 1.07. The van der Waals surface area contributed by atoms with Gasteiger partial charge in [0.15, 0.2) is 5.82 Å². The molecule has 0 fully saturated rings. The number of hydrogen-bond donors (Lipinski definition) is 2. The molecule has 0 aromatic carbocycles. The summed E-state index contributed by atoms with van der Waals surface area (Å²) < 4.78 is 5.35. The maximum atomic E-state index is 11.5. The maximum Gasteiger partial charge on any atom is 0.251 e. The van der Waals surface area contributed by atoms with Gasteiger partial charge in [-0.05, 0) is 27.2 Å². The molecule has 0 saturated heterocycles. The van der Waals surface area contributed by atoms with E-state index in [9.17, 15) is 4.79 Å². The lowest BCUT2D eigenvalue weighted by atomic mass is 10.2. The second kappa shape index (κ2) is 5.12. The van der Waals surface area contributed by atoms with Crippen molar-refractivity contribution in [2.75, 3.05) is 11.9 Å². The lowest BCUT2D eigenvalue weighted by Crippen LogP contribution is -2.27. The highest BCUT2D eigenvalue weighted by molar-refractivity contribution is 5.90. The Bertz CT molecular complexity index is 352. The Kier molecular flexibility index (Phi) is 4.06. The zero-order chi connectivity index (χ0) is 12.2. The number of aromatic nitrogens is 2. The number of hydrogen-bond acceptors (Lipinski definition) is 3. The zero-order valence-corrected chi connectivity index (χ0v) is 10.3. The second-order valence-electron chi connectivity index (χ2n) is 4.58. The van der Waals surface area contributed by atoms with Crippen molar-refractivity contribution in [3.63, 3.8) is 0 Å². The first-order valence-electron chi connectivity index (χ1n) is 5.39. The summed E-state index contributed by atoms with van der Waals surface area (Å²) in [7, 11) is 0. The summed E-state index contributed by atoms with van der Waals surface area (Å²) in [6.07, 6.45) is 0.862. The third-order valence-corrected chi connectivity index (χ3v) is 1.92. The highest BCUT2D eigenvalue weighted by Gasteiger charge is 2.13. The molecule has 16 heavy (non-hydrogen) atoms. The van der Waals surface area contributed by atoms with E-state index in [1.807, 2.05) is 33.8 Å². The number of aryl methyl sites for hydroxylation is 1. The van der Waals surface area contributed by atoms with E-state index in [2.05, 4.69) is 15.5 Å². The summed E-state index contributed by atoms with van der Waals surface area (Å²) in [5, 5.41) is 9.45. The van der Waals surface area contributed by atoms with Gasteiger partial charge in [0.2, 0.25) is 0 Å². The van der Waals surface area contributed by atoms with Crippen molar-refractivity contribution >= 4 is 11.7 Å². The smallest absolute Gasteiger partial charge is 0.251 e. The third-order valence-electron chi connectivity index (χ3n) is 1.92. The van der Waals surface area contributed by atoms with Gasteiger partial charge >= 0.3 is 0 Å². The van der Waals surface area contributed by atoms with Gasteiger partial charge in [-0.3, -0.25) is 9.89 Å². The summed E-state index contributed by atoms with van der Waals surface area (Å²) in [6.45, 7) is 7.78. The number of nitrogens with one attached hydrogen (secondary N) is 2. The fraction of sp³-hybridized carbons (Fsp3) is 0.636. The van der Waals surface area contributed by atoms with Crippen LogP contribution in [0.25, 0.3) is 0 Å². The van der Waals surface area contributed by atoms with E-state index in [0.29, 0.717) is 5.82 Å². The van der Waals surface area contributed by atoms with Crippen LogP contribution in [0.1, 0.15) is 33.4 Å². The van der Waals surface area contributed by atoms with Gasteiger partial charge in [0, 0.05) is 11.8 Å². The predicted octanol–water partition coefficient (Wildman–Crippen LogP) is 1.73. The molecule has 5 nitrogen and oxygen atoms in total. The minimum Gasteiger partial charge on any atom is -0.366 e. The van der Waals surface area contributed by atoms with Crippen molar-refractivity contribution in [3.05, 3.63) is 11.8 Å². The van der Waals surface area contributed by atoms with Crippen molar-refractivity contribution in [2.45, 2.75) is 39.7 Å². The van der Waals surface area contributed by atoms with Crippen LogP contribution in [0.3, 0.4) is 0 Å². The van der Waals surface area contributed by atoms with E-state index in [1.54, 1.807) is 0 Å². The summed E-state index contributed by atoms with van der Waals surface area (Å²) >= 11 is 0. The van der Waals surface area contributed by atoms with Crippen LogP contribution in [0, 0.1) is 0 Å². The molecule has 0 aliphatic heterocycles. The second-order valence-corrected chi connectivity index (χ2v) is 4.58. The van der Waals surface area contributed by atoms with Crippen molar-refractivity contribution in [2.24, 2.45) is 0 Å². The van der Waals surface area contributed by atoms with Gasteiger partial charge in [0.25, 0.3) is 5.91 Å².